The van der Waals surface area contributed by atoms with Gasteiger partial charge < -0.3 is 5.32 Å². The Morgan fingerprint density at radius 2 is 2.15 bits per heavy atom. The number of nitrogens with zero attached hydrogens (tertiary/aromatic N) is 3. The first-order chi connectivity index (χ1) is 9.25. The SMILES string of the molecule is CCC(C)(C)N(C)S(=O)(=O)c1c(NC)nc2sccn12. The van der Waals surface area contributed by atoms with E-state index in [9.17, 15) is 8.42 Å². The molecule has 2 aromatic rings. The summed E-state index contributed by atoms with van der Waals surface area (Å²) < 4.78 is 28.9. The molecular weight excluding hydrogens is 296 g/mol. The van der Waals surface area contributed by atoms with Crippen LogP contribution in [0.1, 0.15) is 27.2 Å². The molecule has 0 aromatic carbocycles. The summed E-state index contributed by atoms with van der Waals surface area (Å²) in [6.45, 7) is 5.80. The lowest BCUT2D eigenvalue weighted by Gasteiger charge is -2.33. The highest BCUT2D eigenvalue weighted by Crippen LogP contribution is 2.31. The Hall–Kier alpha value is -1.12. The summed E-state index contributed by atoms with van der Waals surface area (Å²) >= 11 is 1.41. The van der Waals surface area contributed by atoms with E-state index in [-0.39, 0.29) is 5.03 Å². The van der Waals surface area contributed by atoms with Gasteiger partial charge in [0.1, 0.15) is 0 Å². The van der Waals surface area contributed by atoms with E-state index < -0.39 is 15.6 Å². The Bertz CT molecular complexity index is 715. The Kier molecular flexibility index (Phi) is 3.83. The second kappa shape index (κ2) is 5.01. The topological polar surface area (TPSA) is 66.7 Å². The Balaban J connectivity index is 2.65. The minimum atomic E-state index is -3.63. The molecule has 0 spiro atoms. The Morgan fingerprint density at radius 1 is 1.50 bits per heavy atom. The summed E-state index contributed by atoms with van der Waals surface area (Å²) in [4.78, 5) is 4.97. The van der Waals surface area contributed by atoms with Crippen molar-refractivity contribution in [1.82, 2.24) is 13.7 Å². The van der Waals surface area contributed by atoms with E-state index in [1.807, 2.05) is 26.2 Å². The zero-order valence-corrected chi connectivity index (χ0v) is 14.0. The predicted octanol–water partition coefficient (Wildman–Crippen LogP) is 2.25. The fraction of sp³-hybridized carbons (Fsp3) is 0.583. The summed E-state index contributed by atoms with van der Waals surface area (Å²) in [5.74, 6) is 0.385. The maximum Gasteiger partial charge on any atom is 0.263 e. The number of thiazole rings is 1. The molecule has 112 valence electrons. The molecular formula is C12H20N4O2S2. The van der Waals surface area contributed by atoms with E-state index in [2.05, 4.69) is 10.3 Å². The van der Waals surface area contributed by atoms with Crippen molar-refractivity contribution in [2.24, 2.45) is 0 Å². The van der Waals surface area contributed by atoms with Gasteiger partial charge in [-0.3, -0.25) is 4.40 Å². The van der Waals surface area contributed by atoms with Crippen LogP contribution in [-0.4, -0.2) is 41.7 Å². The van der Waals surface area contributed by atoms with Gasteiger partial charge in [-0.15, -0.1) is 11.3 Å². The van der Waals surface area contributed by atoms with E-state index >= 15 is 0 Å². The van der Waals surface area contributed by atoms with Crippen molar-refractivity contribution in [2.75, 3.05) is 19.4 Å². The van der Waals surface area contributed by atoms with Crippen LogP contribution in [0.4, 0.5) is 5.82 Å². The second-order valence-electron chi connectivity index (χ2n) is 5.21. The van der Waals surface area contributed by atoms with E-state index in [0.717, 1.165) is 6.42 Å². The molecule has 0 aliphatic rings. The number of fused-ring (bicyclic) bond motifs is 1. The molecule has 0 aliphatic heterocycles. The number of nitrogens with one attached hydrogen (secondary N) is 1. The standard InChI is InChI=1S/C12H20N4O2S2/c1-6-12(2,3)15(5)20(17,18)10-9(13-4)14-11-16(10)7-8-19-11/h7-8,13H,6H2,1-5H3. The second-order valence-corrected chi connectivity index (χ2v) is 7.97. The first kappa shape index (κ1) is 15.3. The maximum atomic E-state index is 12.9. The zero-order valence-electron chi connectivity index (χ0n) is 12.3. The molecule has 2 aromatic heterocycles. The molecule has 8 heteroatoms. The molecule has 20 heavy (non-hydrogen) atoms. The van der Waals surface area contributed by atoms with Gasteiger partial charge in [0.25, 0.3) is 10.0 Å². The molecule has 6 nitrogen and oxygen atoms in total. The summed E-state index contributed by atoms with van der Waals surface area (Å²) in [6, 6.07) is 0. The average Bonchev–Trinajstić information content (AvgIpc) is 2.96. The van der Waals surface area contributed by atoms with Crippen LogP contribution in [0.3, 0.4) is 0 Å². The zero-order chi connectivity index (χ0) is 15.1. The first-order valence-electron chi connectivity index (χ1n) is 6.38. The Labute approximate surface area is 123 Å². The van der Waals surface area contributed by atoms with Crippen molar-refractivity contribution in [3.05, 3.63) is 11.6 Å². The summed E-state index contributed by atoms with van der Waals surface area (Å²) in [7, 11) is -0.335. The number of rotatable bonds is 5. The molecule has 0 saturated carbocycles. The average molecular weight is 316 g/mol. The monoisotopic (exact) mass is 316 g/mol. The van der Waals surface area contributed by atoms with Gasteiger partial charge in [0.2, 0.25) is 0 Å². The van der Waals surface area contributed by atoms with Gasteiger partial charge in [-0.2, -0.15) is 4.31 Å². The van der Waals surface area contributed by atoms with E-state index in [1.165, 1.54) is 15.6 Å². The van der Waals surface area contributed by atoms with Gasteiger partial charge in [0.05, 0.1) is 0 Å². The van der Waals surface area contributed by atoms with Crippen LogP contribution < -0.4 is 5.32 Å². The highest BCUT2D eigenvalue weighted by molar-refractivity contribution is 7.89. The molecule has 1 N–H and O–H groups in total. The van der Waals surface area contributed by atoms with Crippen LogP contribution in [0.2, 0.25) is 0 Å². The van der Waals surface area contributed by atoms with Gasteiger partial charge >= 0.3 is 0 Å². The fourth-order valence-electron chi connectivity index (χ4n) is 1.85. The number of hydrogen-bond acceptors (Lipinski definition) is 5. The summed E-state index contributed by atoms with van der Waals surface area (Å²) in [5.41, 5.74) is -0.454. The third-order valence-electron chi connectivity index (χ3n) is 3.78. The normalized spacial score (nSPS) is 13.3. The quantitative estimate of drug-likeness (QED) is 0.919. The fourth-order valence-corrected chi connectivity index (χ4v) is 4.45. The number of aromatic nitrogens is 2. The minimum Gasteiger partial charge on any atom is -0.371 e. The van der Waals surface area contributed by atoms with E-state index in [4.69, 9.17) is 0 Å². The Morgan fingerprint density at radius 3 is 2.70 bits per heavy atom. The summed E-state index contributed by atoms with van der Waals surface area (Å²) in [5, 5.41) is 4.89. The molecule has 2 rings (SSSR count). The lowest BCUT2D eigenvalue weighted by molar-refractivity contribution is 0.256. The van der Waals surface area contributed by atoms with Gasteiger partial charge in [-0.25, -0.2) is 13.4 Å². The van der Waals surface area contributed by atoms with Gasteiger partial charge in [0.15, 0.2) is 15.8 Å². The van der Waals surface area contributed by atoms with Gasteiger partial charge in [-0.1, -0.05) is 6.92 Å². The highest BCUT2D eigenvalue weighted by Gasteiger charge is 2.36. The molecule has 0 aliphatic carbocycles. The van der Waals surface area contributed by atoms with Gasteiger partial charge in [0, 0.05) is 31.2 Å². The first-order valence-corrected chi connectivity index (χ1v) is 8.70. The van der Waals surface area contributed by atoms with Crippen molar-refractivity contribution in [2.45, 2.75) is 37.8 Å². The molecule has 0 bridgehead atoms. The molecule has 0 atom stereocenters. The third-order valence-corrected chi connectivity index (χ3v) is 6.63. The van der Waals surface area contributed by atoms with Crippen molar-refractivity contribution in [1.29, 1.82) is 0 Å². The lowest BCUT2D eigenvalue weighted by Crippen LogP contribution is -2.44. The number of imidazole rings is 1. The molecule has 2 heterocycles. The summed E-state index contributed by atoms with van der Waals surface area (Å²) in [6.07, 6.45) is 2.46. The molecule has 0 radical (unpaired) electrons. The van der Waals surface area contributed by atoms with Crippen LogP contribution >= 0.6 is 11.3 Å². The van der Waals surface area contributed by atoms with Crippen LogP contribution in [0.5, 0.6) is 0 Å². The molecule has 0 amide bonds. The van der Waals surface area contributed by atoms with Crippen LogP contribution in [0.25, 0.3) is 4.96 Å². The minimum absolute atomic E-state index is 0.195. The number of hydrogen-bond donors (Lipinski definition) is 1. The van der Waals surface area contributed by atoms with Crippen molar-refractivity contribution in [3.63, 3.8) is 0 Å². The largest absolute Gasteiger partial charge is 0.371 e. The van der Waals surface area contributed by atoms with Crippen molar-refractivity contribution in [3.8, 4) is 0 Å². The third kappa shape index (κ3) is 2.21. The van der Waals surface area contributed by atoms with Crippen LogP contribution in [0, 0.1) is 0 Å². The van der Waals surface area contributed by atoms with Gasteiger partial charge in [-0.05, 0) is 20.3 Å². The molecule has 0 unspecified atom stereocenters. The maximum absolute atomic E-state index is 12.9. The van der Waals surface area contributed by atoms with Crippen LogP contribution in [0.15, 0.2) is 16.6 Å². The van der Waals surface area contributed by atoms with Crippen molar-refractivity contribution >= 4 is 32.1 Å². The van der Waals surface area contributed by atoms with E-state index in [1.54, 1.807) is 24.7 Å². The number of sulfonamides is 1. The molecule has 0 saturated heterocycles. The number of anilines is 1. The highest BCUT2D eigenvalue weighted by atomic mass is 32.2. The predicted molar refractivity (Wildman–Crippen MR) is 81.9 cm³/mol. The molecule has 0 fully saturated rings. The lowest BCUT2D eigenvalue weighted by atomic mass is 10.0. The van der Waals surface area contributed by atoms with Crippen LogP contribution in [-0.2, 0) is 10.0 Å². The van der Waals surface area contributed by atoms with E-state index in [0.29, 0.717) is 10.8 Å². The smallest absolute Gasteiger partial charge is 0.263 e. The van der Waals surface area contributed by atoms with Crippen molar-refractivity contribution < 1.29 is 8.42 Å².